The summed E-state index contributed by atoms with van der Waals surface area (Å²) in [6.45, 7) is 3.78. The first-order chi connectivity index (χ1) is 12.5. The number of hydrogen-bond acceptors (Lipinski definition) is 6. The number of nitrogens with zero attached hydrogens (tertiary/aromatic N) is 4. The van der Waals surface area contributed by atoms with Crippen molar-refractivity contribution in [3.63, 3.8) is 0 Å². The number of nitro benzene ring substituents is 1. The molecular weight excluding hydrogens is 334 g/mol. The largest absolute Gasteiger partial charge is 0.479 e. The van der Waals surface area contributed by atoms with E-state index in [1.54, 1.807) is 30.6 Å². The third-order valence-corrected chi connectivity index (χ3v) is 3.97. The lowest BCUT2D eigenvalue weighted by molar-refractivity contribution is -0.384. The van der Waals surface area contributed by atoms with Crippen LogP contribution in [0.15, 0.2) is 42.9 Å². The predicted molar refractivity (Wildman–Crippen MR) is 98.4 cm³/mol. The maximum Gasteiger partial charge on any atom is 0.295 e. The van der Waals surface area contributed by atoms with E-state index in [9.17, 15) is 10.1 Å². The van der Waals surface area contributed by atoms with Crippen LogP contribution in [0.1, 0.15) is 18.2 Å². The fourth-order valence-electron chi connectivity index (χ4n) is 2.73. The number of methoxy groups -OCH3 is 1. The van der Waals surface area contributed by atoms with E-state index in [1.807, 2.05) is 30.7 Å². The molecule has 0 aliphatic rings. The molecule has 0 saturated heterocycles. The highest BCUT2D eigenvalue weighted by Gasteiger charge is 2.19. The van der Waals surface area contributed by atoms with Crippen LogP contribution in [-0.4, -0.2) is 26.6 Å². The molecule has 0 unspecified atom stereocenters. The van der Waals surface area contributed by atoms with Crippen molar-refractivity contribution in [2.75, 3.05) is 12.4 Å². The van der Waals surface area contributed by atoms with E-state index in [1.165, 1.54) is 7.11 Å². The van der Waals surface area contributed by atoms with E-state index >= 15 is 0 Å². The first-order valence-corrected chi connectivity index (χ1v) is 8.12. The van der Waals surface area contributed by atoms with Gasteiger partial charge in [0.05, 0.1) is 24.1 Å². The van der Waals surface area contributed by atoms with E-state index in [0.717, 1.165) is 11.4 Å². The number of pyridine rings is 1. The van der Waals surface area contributed by atoms with Gasteiger partial charge in [-0.3, -0.25) is 10.1 Å². The quantitative estimate of drug-likeness (QED) is 0.535. The van der Waals surface area contributed by atoms with Gasteiger partial charge in [0.15, 0.2) is 0 Å². The Morgan fingerprint density at radius 2 is 2.12 bits per heavy atom. The van der Waals surface area contributed by atoms with Gasteiger partial charge < -0.3 is 14.6 Å². The zero-order chi connectivity index (χ0) is 18.7. The van der Waals surface area contributed by atoms with Gasteiger partial charge in [0.25, 0.3) is 5.69 Å². The van der Waals surface area contributed by atoms with E-state index < -0.39 is 0 Å². The van der Waals surface area contributed by atoms with Crippen molar-refractivity contribution in [1.29, 1.82) is 0 Å². The Morgan fingerprint density at radius 1 is 1.31 bits per heavy atom. The molecule has 2 heterocycles. The number of hydrogen-bond donors (Lipinski definition) is 1. The first kappa shape index (κ1) is 17.4. The third kappa shape index (κ3) is 3.34. The van der Waals surface area contributed by atoms with Gasteiger partial charge in [0.1, 0.15) is 17.2 Å². The number of imidazole rings is 1. The zero-order valence-corrected chi connectivity index (χ0v) is 14.8. The van der Waals surface area contributed by atoms with Crippen LogP contribution in [-0.2, 0) is 6.42 Å². The number of anilines is 2. The molecule has 1 aromatic carbocycles. The van der Waals surface area contributed by atoms with Gasteiger partial charge in [0, 0.05) is 11.8 Å². The Balaban J connectivity index is 1.98. The van der Waals surface area contributed by atoms with Crippen LogP contribution in [0.2, 0.25) is 0 Å². The number of nitro groups is 1. The molecule has 0 aliphatic heterocycles. The molecule has 0 atom stereocenters. The van der Waals surface area contributed by atoms with Gasteiger partial charge in [-0.25, -0.2) is 4.98 Å². The van der Waals surface area contributed by atoms with E-state index in [4.69, 9.17) is 4.74 Å². The Kier molecular flexibility index (Phi) is 4.83. The number of para-hydroxylation sites is 1. The Hall–Kier alpha value is -3.42. The summed E-state index contributed by atoms with van der Waals surface area (Å²) in [5, 5.41) is 14.5. The minimum atomic E-state index is -0.374. The van der Waals surface area contributed by atoms with Gasteiger partial charge in [0.2, 0.25) is 5.88 Å². The fraction of sp³-hybridized carbons (Fsp3) is 0.222. The zero-order valence-electron chi connectivity index (χ0n) is 14.8. The van der Waals surface area contributed by atoms with Crippen molar-refractivity contribution in [3.05, 3.63) is 64.2 Å². The standard InChI is InChI=1S/C18H19N5O3/c1-4-13-6-5-7-14(17(13)23(24)25)20-16-9-8-15(18(21-16)26-3)22-10-12(2)19-11-22/h5-11H,4H2,1-3H3,(H,20,21). The van der Waals surface area contributed by atoms with Crippen LogP contribution < -0.4 is 10.1 Å². The first-order valence-electron chi connectivity index (χ1n) is 8.12. The monoisotopic (exact) mass is 353 g/mol. The second-order valence-electron chi connectivity index (χ2n) is 5.70. The van der Waals surface area contributed by atoms with Gasteiger partial charge in [-0.2, -0.15) is 4.98 Å². The summed E-state index contributed by atoms with van der Waals surface area (Å²) >= 11 is 0. The molecule has 8 nitrogen and oxygen atoms in total. The van der Waals surface area contributed by atoms with Gasteiger partial charge in [-0.1, -0.05) is 19.1 Å². The molecule has 1 N–H and O–H groups in total. The van der Waals surface area contributed by atoms with E-state index in [-0.39, 0.29) is 10.6 Å². The van der Waals surface area contributed by atoms with E-state index in [0.29, 0.717) is 29.4 Å². The lowest BCUT2D eigenvalue weighted by Gasteiger charge is -2.12. The fourth-order valence-corrected chi connectivity index (χ4v) is 2.73. The highest BCUT2D eigenvalue weighted by atomic mass is 16.6. The van der Waals surface area contributed by atoms with E-state index in [2.05, 4.69) is 15.3 Å². The number of aromatic nitrogens is 3. The molecule has 134 valence electrons. The smallest absolute Gasteiger partial charge is 0.295 e. The van der Waals surface area contributed by atoms with Gasteiger partial charge in [-0.05, 0) is 31.5 Å². The Morgan fingerprint density at radius 3 is 2.73 bits per heavy atom. The maximum atomic E-state index is 11.5. The van der Waals surface area contributed by atoms with Crippen molar-refractivity contribution < 1.29 is 9.66 Å². The van der Waals surface area contributed by atoms with Crippen molar-refractivity contribution in [1.82, 2.24) is 14.5 Å². The number of nitrogens with one attached hydrogen (secondary N) is 1. The number of benzene rings is 1. The number of rotatable bonds is 6. The van der Waals surface area contributed by atoms with Crippen LogP contribution >= 0.6 is 0 Å². The van der Waals surface area contributed by atoms with Crippen molar-refractivity contribution in [2.24, 2.45) is 0 Å². The van der Waals surface area contributed by atoms with Crippen LogP contribution in [0.4, 0.5) is 17.2 Å². The summed E-state index contributed by atoms with van der Waals surface area (Å²) in [4.78, 5) is 19.7. The van der Waals surface area contributed by atoms with Crippen LogP contribution in [0, 0.1) is 17.0 Å². The topological polar surface area (TPSA) is 95.1 Å². The predicted octanol–water partition coefficient (Wildman–Crippen LogP) is 3.80. The summed E-state index contributed by atoms with van der Waals surface area (Å²) in [5.41, 5.74) is 2.73. The minimum absolute atomic E-state index is 0.0603. The molecule has 0 amide bonds. The van der Waals surface area contributed by atoms with Crippen LogP contribution in [0.5, 0.6) is 5.88 Å². The number of ether oxygens (including phenoxy) is 1. The van der Waals surface area contributed by atoms with Gasteiger partial charge in [-0.15, -0.1) is 0 Å². The molecule has 3 aromatic rings. The summed E-state index contributed by atoms with van der Waals surface area (Å²) < 4.78 is 7.19. The maximum absolute atomic E-state index is 11.5. The summed E-state index contributed by atoms with van der Waals surface area (Å²) in [6.07, 6.45) is 4.11. The molecule has 0 fully saturated rings. The second-order valence-corrected chi connectivity index (χ2v) is 5.70. The molecular formula is C18H19N5O3. The molecule has 3 rings (SSSR count). The molecule has 0 radical (unpaired) electrons. The lowest BCUT2D eigenvalue weighted by atomic mass is 10.1. The van der Waals surface area contributed by atoms with Gasteiger partial charge >= 0.3 is 0 Å². The average Bonchev–Trinajstić information content (AvgIpc) is 3.07. The highest BCUT2D eigenvalue weighted by molar-refractivity contribution is 5.71. The van der Waals surface area contributed by atoms with Crippen LogP contribution in [0.25, 0.3) is 5.69 Å². The van der Waals surface area contributed by atoms with Crippen molar-refractivity contribution in [3.8, 4) is 11.6 Å². The summed E-state index contributed by atoms with van der Waals surface area (Å²) in [5.74, 6) is 0.848. The minimum Gasteiger partial charge on any atom is -0.479 e. The molecule has 2 aromatic heterocycles. The molecule has 0 spiro atoms. The molecule has 0 saturated carbocycles. The Labute approximate surface area is 150 Å². The van der Waals surface area contributed by atoms with Crippen molar-refractivity contribution in [2.45, 2.75) is 20.3 Å². The number of aryl methyl sites for hydroxylation is 2. The normalized spacial score (nSPS) is 10.6. The van der Waals surface area contributed by atoms with Crippen LogP contribution in [0.3, 0.4) is 0 Å². The lowest BCUT2D eigenvalue weighted by Crippen LogP contribution is -2.04. The third-order valence-electron chi connectivity index (χ3n) is 3.97. The molecule has 26 heavy (non-hydrogen) atoms. The molecule has 8 heteroatoms. The second kappa shape index (κ2) is 7.22. The SMILES string of the molecule is CCc1cccc(Nc2ccc(-n3cnc(C)c3)c(OC)n2)c1[N+](=O)[O-]. The average molecular weight is 353 g/mol. The van der Waals surface area contributed by atoms with Crippen molar-refractivity contribution >= 4 is 17.2 Å². The summed E-state index contributed by atoms with van der Waals surface area (Å²) in [6, 6.07) is 8.77. The summed E-state index contributed by atoms with van der Waals surface area (Å²) in [7, 11) is 1.53. The molecule has 0 aliphatic carbocycles. The Bertz CT molecular complexity index is 952. The highest BCUT2D eigenvalue weighted by Crippen LogP contribution is 2.32. The molecule has 0 bridgehead atoms.